The van der Waals surface area contributed by atoms with Crippen LogP contribution in [0.5, 0.6) is 5.75 Å². The van der Waals surface area contributed by atoms with Gasteiger partial charge >= 0.3 is 14.3 Å². The topological polar surface area (TPSA) is 35.5 Å². The summed E-state index contributed by atoms with van der Waals surface area (Å²) in [6.07, 6.45) is 0. The molecule has 3 aromatic rings. The maximum absolute atomic E-state index is 12.2. The average molecular weight is 294 g/mol. The number of hydrogen-bond donors (Lipinski definition) is 0. The van der Waals surface area contributed by atoms with Crippen LogP contribution < -0.4 is 9.83 Å². The van der Waals surface area contributed by atoms with E-state index in [2.05, 4.69) is 0 Å². The summed E-state index contributed by atoms with van der Waals surface area (Å²) in [5.74, 6) is 0.275. The van der Waals surface area contributed by atoms with Crippen LogP contribution in [0.25, 0.3) is 10.8 Å². The third-order valence-electron chi connectivity index (χ3n) is 3.38. The van der Waals surface area contributed by atoms with Gasteiger partial charge < -0.3 is 9.05 Å². The van der Waals surface area contributed by atoms with E-state index in [4.69, 9.17) is 9.05 Å². The van der Waals surface area contributed by atoms with E-state index in [1.807, 2.05) is 66.7 Å². The van der Waals surface area contributed by atoms with Crippen LogP contribution in [0.3, 0.4) is 0 Å². The second-order valence-electron chi connectivity index (χ2n) is 4.76. The molecule has 3 nitrogen and oxygen atoms in total. The lowest BCUT2D eigenvalue weighted by Gasteiger charge is -2.24. The molecule has 21 heavy (non-hydrogen) atoms. The standard InChI is InChI=1S/C17H11O3P/c18-17-15-10-12-6-4-5-7-13(12)11-16(15)19-21(20-17)14-8-2-1-3-9-14/h1-11H. The highest BCUT2D eigenvalue weighted by atomic mass is 31.2. The summed E-state index contributed by atoms with van der Waals surface area (Å²) >= 11 is 0. The molecule has 1 atom stereocenters. The molecule has 0 amide bonds. The monoisotopic (exact) mass is 294 g/mol. The molecular weight excluding hydrogens is 283 g/mol. The summed E-state index contributed by atoms with van der Waals surface area (Å²) in [5, 5.41) is 2.94. The smallest absolute Gasteiger partial charge is 0.347 e. The Balaban J connectivity index is 1.80. The van der Waals surface area contributed by atoms with Gasteiger partial charge in [0, 0.05) is 0 Å². The van der Waals surface area contributed by atoms with E-state index < -0.39 is 8.38 Å². The van der Waals surface area contributed by atoms with Crippen LogP contribution in [-0.2, 0) is 4.52 Å². The molecule has 1 aliphatic rings. The molecule has 0 radical (unpaired) electrons. The van der Waals surface area contributed by atoms with E-state index in [-0.39, 0.29) is 5.97 Å². The van der Waals surface area contributed by atoms with Crippen molar-refractivity contribution in [2.24, 2.45) is 0 Å². The van der Waals surface area contributed by atoms with Crippen LogP contribution in [0.15, 0.2) is 66.7 Å². The molecule has 102 valence electrons. The second-order valence-corrected chi connectivity index (χ2v) is 6.15. The third-order valence-corrected chi connectivity index (χ3v) is 4.80. The van der Waals surface area contributed by atoms with E-state index in [0.29, 0.717) is 11.3 Å². The number of hydrogen-bond acceptors (Lipinski definition) is 3. The summed E-state index contributed by atoms with van der Waals surface area (Å²) in [6.45, 7) is 0. The fraction of sp³-hybridized carbons (Fsp3) is 0. The zero-order valence-electron chi connectivity index (χ0n) is 11.0. The number of benzene rings is 3. The highest BCUT2D eigenvalue weighted by Gasteiger charge is 2.30. The van der Waals surface area contributed by atoms with Crippen molar-refractivity contribution < 1.29 is 13.8 Å². The zero-order chi connectivity index (χ0) is 14.2. The first-order valence-electron chi connectivity index (χ1n) is 6.59. The minimum absolute atomic E-state index is 0.322. The normalized spacial score (nSPS) is 17.0. The van der Waals surface area contributed by atoms with Crippen molar-refractivity contribution >= 4 is 30.4 Å². The fourth-order valence-corrected chi connectivity index (χ4v) is 3.58. The molecule has 0 spiro atoms. The van der Waals surface area contributed by atoms with Gasteiger partial charge in [-0.15, -0.1) is 0 Å². The van der Waals surface area contributed by atoms with Crippen molar-refractivity contribution in [1.82, 2.24) is 0 Å². The number of fused-ring (bicyclic) bond motifs is 2. The summed E-state index contributed by atoms with van der Waals surface area (Å²) < 4.78 is 11.4. The van der Waals surface area contributed by atoms with E-state index in [9.17, 15) is 4.79 Å². The van der Waals surface area contributed by atoms with Crippen molar-refractivity contribution in [1.29, 1.82) is 0 Å². The van der Waals surface area contributed by atoms with Crippen LogP contribution in [-0.4, -0.2) is 5.97 Å². The third kappa shape index (κ3) is 2.16. The second kappa shape index (κ2) is 4.87. The molecule has 1 heterocycles. The molecule has 4 heteroatoms. The summed E-state index contributed by atoms with van der Waals surface area (Å²) in [7, 11) is -1.40. The van der Waals surface area contributed by atoms with Gasteiger partial charge in [0.1, 0.15) is 11.3 Å². The van der Waals surface area contributed by atoms with E-state index in [0.717, 1.165) is 16.1 Å². The first-order chi connectivity index (χ1) is 10.3. The Bertz CT molecular complexity index is 830. The molecule has 0 fully saturated rings. The molecule has 0 saturated heterocycles. The van der Waals surface area contributed by atoms with Gasteiger partial charge in [0.05, 0.1) is 5.30 Å². The average Bonchev–Trinajstić information content (AvgIpc) is 2.54. The van der Waals surface area contributed by atoms with Gasteiger partial charge in [0.2, 0.25) is 0 Å². The van der Waals surface area contributed by atoms with Crippen molar-refractivity contribution in [2.45, 2.75) is 0 Å². The summed E-state index contributed by atoms with van der Waals surface area (Å²) in [5.41, 5.74) is 0.489. The van der Waals surface area contributed by atoms with E-state index in [1.165, 1.54) is 0 Å². The Morgan fingerprint density at radius 3 is 2.19 bits per heavy atom. The van der Waals surface area contributed by atoms with Gasteiger partial charge in [-0.05, 0) is 35.0 Å². The van der Waals surface area contributed by atoms with Gasteiger partial charge in [0.25, 0.3) is 0 Å². The minimum atomic E-state index is -1.40. The highest BCUT2D eigenvalue weighted by molar-refractivity contribution is 7.57. The molecule has 0 aromatic heterocycles. The first-order valence-corrected chi connectivity index (χ1v) is 7.77. The summed E-state index contributed by atoms with van der Waals surface area (Å²) in [6, 6.07) is 21.2. The van der Waals surface area contributed by atoms with Gasteiger partial charge in [-0.1, -0.05) is 42.5 Å². The van der Waals surface area contributed by atoms with Crippen molar-refractivity contribution in [3.8, 4) is 5.75 Å². The molecule has 0 saturated carbocycles. The number of rotatable bonds is 1. The Morgan fingerprint density at radius 2 is 1.43 bits per heavy atom. The Hall–Kier alpha value is -2.38. The highest BCUT2D eigenvalue weighted by Crippen LogP contribution is 2.46. The van der Waals surface area contributed by atoms with Gasteiger partial charge in [-0.3, -0.25) is 0 Å². The van der Waals surface area contributed by atoms with E-state index in [1.54, 1.807) is 0 Å². The molecular formula is C17H11O3P. The van der Waals surface area contributed by atoms with Crippen molar-refractivity contribution in [3.05, 3.63) is 72.3 Å². The quantitative estimate of drug-likeness (QED) is 0.636. The lowest BCUT2D eigenvalue weighted by Crippen LogP contribution is -2.18. The predicted molar refractivity (Wildman–Crippen MR) is 83.0 cm³/mol. The van der Waals surface area contributed by atoms with Crippen LogP contribution in [0, 0.1) is 0 Å². The maximum Gasteiger partial charge on any atom is 0.347 e. The summed E-state index contributed by atoms with van der Waals surface area (Å²) in [4.78, 5) is 12.2. The Kier molecular flexibility index (Phi) is 2.87. The Labute approximate surface area is 123 Å². The molecule has 0 aliphatic carbocycles. The maximum atomic E-state index is 12.2. The largest absolute Gasteiger partial charge is 0.434 e. The molecule has 4 rings (SSSR count). The molecule has 0 N–H and O–H groups in total. The Morgan fingerprint density at radius 1 is 0.762 bits per heavy atom. The first kappa shape index (κ1) is 12.4. The number of carbonyl (C=O) groups is 1. The zero-order valence-corrected chi connectivity index (χ0v) is 11.9. The van der Waals surface area contributed by atoms with Crippen molar-refractivity contribution in [2.75, 3.05) is 0 Å². The molecule has 3 aromatic carbocycles. The number of carbonyl (C=O) groups excluding carboxylic acids is 1. The van der Waals surface area contributed by atoms with Crippen LogP contribution in [0.1, 0.15) is 10.4 Å². The van der Waals surface area contributed by atoms with Gasteiger partial charge in [-0.25, -0.2) is 4.79 Å². The van der Waals surface area contributed by atoms with Gasteiger partial charge in [0.15, 0.2) is 0 Å². The van der Waals surface area contributed by atoms with Crippen LogP contribution in [0.4, 0.5) is 0 Å². The SMILES string of the molecule is O=C1OP(c2ccccc2)Oc2cc3ccccc3cc21. The van der Waals surface area contributed by atoms with E-state index >= 15 is 0 Å². The van der Waals surface area contributed by atoms with Crippen molar-refractivity contribution in [3.63, 3.8) is 0 Å². The predicted octanol–water partition coefficient (Wildman–Crippen LogP) is 4.03. The van der Waals surface area contributed by atoms with Crippen LogP contribution in [0.2, 0.25) is 0 Å². The van der Waals surface area contributed by atoms with Gasteiger partial charge in [-0.2, -0.15) is 0 Å². The lowest BCUT2D eigenvalue weighted by atomic mass is 10.1. The lowest BCUT2D eigenvalue weighted by molar-refractivity contribution is 0.0726. The fourth-order valence-electron chi connectivity index (χ4n) is 2.34. The van der Waals surface area contributed by atoms with Crippen LogP contribution >= 0.6 is 8.38 Å². The molecule has 1 unspecified atom stereocenters. The minimum Gasteiger partial charge on any atom is -0.434 e. The molecule has 0 bridgehead atoms. The molecule has 1 aliphatic heterocycles.